The molecule has 0 unspecified atom stereocenters. The molecule has 0 aliphatic rings. The lowest BCUT2D eigenvalue weighted by Gasteiger charge is -2.20. The summed E-state index contributed by atoms with van der Waals surface area (Å²) in [5.41, 5.74) is 7.87. The molecule has 2 aromatic carbocycles. The van der Waals surface area contributed by atoms with Crippen LogP contribution >= 0.6 is 0 Å². The Morgan fingerprint density at radius 1 is 0.900 bits per heavy atom. The van der Waals surface area contributed by atoms with Gasteiger partial charge in [-0.1, -0.05) is 0 Å². The Balaban J connectivity index is 2.15. The van der Waals surface area contributed by atoms with Gasteiger partial charge in [0.2, 0.25) is 0 Å². The van der Waals surface area contributed by atoms with E-state index in [0.717, 1.165) is 11.4 Å². The van der Waals surface area contributed by atoms with Crippen molar-refractivity contribution in [3.05, 3.63) is 48.5 Å². The van der Waals surface area contributed by atoms with Gasteiger partial charge in [0.1, 0.15) is 5.75 Å². The largest absolute Gasteiger partial charge is 0.573 e. The Labute approximate surface area is 114 Å². The second-order valence-electron chi connectivity index (χ2n) is 4.19. The molecule has 20 heavy (non-hydrogen) atoms. The number of alkyl halides is 3. The lowest BCUT2D eigenvalue weighted by Crippen LogP contribution is -2.17. The SMILES string of the molecule is CN(c1ccc(N)cc1)c1ccc(OC(F)(F)F)cc1. The zero-order valence-corrected chi connectivity index (χ0v) is 10.7. The Morgan fingerprint density at radius 2 is 1.35 bits per heavy atom. The summed E-state index contributed by atoms with van der Waals surface area (Å²) in [6.07, 6.45) is -4.68. The van der Waals surface area contributed by atoms with Crippen molar-refractivity contribution in [1.82, 2.24) is 0 Å². The van der Waals surface area contributed by atoms with E-state index in [0.29, 0.717) is 5.69 Å². The summed E-state index contributed by atoms with van der Waals surface area (Å²) in [6, 6.07) is 12.8. The van der Waals surface area contributed by atoms with Gasteiger partial charge in [-0.3, -0.25) is 0 Å². The summed E-state index contributed by atoms with van der Waals surface area (Å²) < 4.78 is 40.0. The predicted octanol–water partition coefficient (Wildman–Crippen LogP) is 3.94. The lowest BCUT2D eigenvalue weighted by molar-refractivity contribution is -0.274. The highest BCUT2D eigenvalue weighted by Gasteiger charge is 2.30. The summed E-state index contributed by atoms with van der Waals surface area (Å²) in [5, 5.41) is 0. The Morgan fingerprint density at radius 3 is 1.80 bits per heavy atom. The summed E-state index contributed by atoms with van der Waals surface area (Å²) in [7, 11) is 1.81. The number of nitrogen functional groups attached to an aromatic ring is 1. The number of benzene rings is 2. The van der Waals surface area contributed by atoms with Crippen LogP contribution < -0.4 is 15.4 Å². The molecule has 3 nitrogen and oxygen atoms in total. The Hall–Kier alpha value is -2.37. The van der Waals surface area contributed by atoms with Gasteiger partial charge in [0.05, 0.1) is 0 Å². The van der Waals surface area contributed by atoms with Crippen molar-refractivity contribution in [2.75, 3.05) is 17.7 Å². The quantitative estimate of drug-likeness (QED) is 0.867. The fourth-order valence-electron chi connectivity index (χ4n) is 1.72. The topological polar surface area (TPSA) is 38.5 Å². The molecule has 0 aliphatic heterocycles. The molecule has 0 aromatic heterocycles. The monoisotopic (exact) mass is 282 g/mol. The van der Waals surface area contributed by atoms with Gasteiger partial charge in [0, 0.05) is 24.1 Å². The predicted molar refractivity (Wildman–Crippen MR) is 72.0 cm³/mol. The van der Waals surface area contributed by atoms with E-state index in [1.807, 2.05) is 24.1 Å². The van der Waals surface area contributed by atoms with Crippen LogP contribution in [0.2, 0.25) is 0 Å². The van der Waals surface area contributed by atoms with Crippen molar-refractivity contribution in [3.63, 3.8) is 0 Å². The molecular formula is C14H13F3N2O. The van der Waals surface area contributed by atoms with Crippen LogP contribution in [0.15, 0.2) is 48.5 Å². The highest BCUT2D eigenvalue weighted by Crippen LogP contribution is 2.28. The molecule has 6 heteroatoms. The molecule has 0 radical (unpaired) electrons. The molecular weight excluding hydrogens is 269 g/mol. The zero-order chi connectivity index (χ0) is 14.8. The summed E-state index contributed by atoms with van der Waals surface area (Å²) in [6.45, 7) is 0. The fraction of sp³-hybridized carbons (Fsp3) is 0.143. The summed E-state index contributed by atoms with van der Waals surface area (Å²) in [5.74, 6) is -0.244. The van der Waals surface area contributed by atoms with Crippen LogP contribution in [0.25, 0.3) is 0 Å². The van der Waals surface area contributed by atoms with Crippen LogP contribution in [-0.2, 0) is 0 Å². The zero-order valence-electron chi connectivity index (χ0n) is 10.7. The second kappa shape index (κ2) is 5.32. The Kier molecular flexibility index (Phi) is 3.74. The maximum Gasteiger partial charge on any atom is 0.573 e. The molecule has 2 N–H and O–H groups in total. The van der Waals surface area contributed by atoms with Crippen LogP contribution in [0.5, 0.6) is 5.75 Å². The minimum absolute atomic E-state index is 0.244. The van der Waals surface area contributed by atoms with Crippen LogP contribution in [0.3, 0.4) is 0 Å². The van der Waals surface area contributed by atoms with Gasteiger partial charge in [-0.2, -0.15) is 0 Å². The van der Waals surface area contributed by atoms with E-state index in [9.17, 15) is 13.2 Å². The van der Waals surface area contributed by atoms with Crippen LogP contribution in [0.4, 0.5) is 30.2 Å². The Bertz CT molecular complexity index is 564. The number of nitrogens with zero attached hydrogens (tertiary/aromatic N) is 1. The van der Waals surface area contributed by atoms with Gasteiger partial charge in [-0.15, -0.1) is 13.2 Å². The first-order valence-electron chi connectivity index (χ1n) is 5.80. The highest BCUT2D eigenvalue weighted by atomic mass is 19.4. The third-order valence-electron chi connectivity index (χ3n) is 2.74. The molecule has 0 fully saturated rings. The molecule has 0 atom stereocenters. The lowest BCUT2D eigenvalue weighted by atomic mass is 10.2. The van der Waals surface area contributed by atoms with E-state index in [4.69, 9.17) is 5.73 Å². The third kappa shape index (κ3) is 3.57. The van der Waals surface area contributed by atoms with Crippen molar-refractivity contribution in [2.24, 2.45) is 0 Å². The van der Waals surface area contributed by atoms with Crippen LogP contribution in [0, 0.1) is 0 Å². The maximum absolute atomic E-state index is 12.1. The molecule has 2 aromatic rings. The molecule has 0 heterocycles. The number of halogens is 3. The molecule has 0 saturated heterocycles. The van der Waals surface area contributed by atoms with E-state index in [-0.39, 0.29) is 5.75 Å². The minimum atomic E-state index is -4.68. The highest BCUT2D eigenvalue weighted by molar-refractivity contribution is 5.64. The normalized spacial score (nSPS) is 11.2. The van der Waals surface area contributed by atoms with Gasteiger partial charge in [-0.05, 0) is 48.5 Å². The van der Waals surface area contributed by atoms with Crippen LogP contribution in [0.1, 0.15) is 0 Å². The average Bonchev–Trinajstić information content (AvgIpc) is 2.38. The van der Waals surface area contributed by atoms with Gasteiger partial charge < -0.3 is 15.4 Å². The number of anilines is 3. The van der Waals surface area contributed by atoms with E-state index in [1.54, 1.807) is 24.3 Å². The van der Waals surface area contributed by atoms with Gasteiger partial charge in [-0.25, -0.2) is 0 Å². The number of hydrogen-bond donors (Lipinski definition) is 1. The van der Waals surface area contributed by atoms with Crippen molar-refractivity contribution in [2.45, 2.75) is 6.36 Å². The molecule has 0 aliphatic carbocycles. The van der Waals surface area contributed by atoms with E-state index in [2.05, 4.69) is 4.74 Å². The standard InChI is InChI=1S/C14H13F3N2O/c1-19(11-4-2-10(18)3-5-11)12-6-8-13(9-7-12)20-14(15,16)17/h2-9H,18H2,1H3. The van der Waals surface area contributed by atoms with Crippen molar-refractivity contribution >= 4 is 17.1 Å². The first kappa shape index (κ1) is 14.0. The first-order chi connectivity index (χ1) is 9.35. The number of hydrogen-bond acceptors (Lipinski definition) is 3. The average molecular weight is 282 g/mol. The van der Waals surface area contributed by atoms with Gasteiger partial charge >= 0.3 is 6.36 Å². The second-order valence-corrected chi connectivity index (χ2v) is 4.19. The van der Waals surface area contributed by atoms with E-state index >= 15 is 0 Å². The molecule has 2 rings (SSSR count). The van der Waals surface area contributed by atoms with Crippen LogP contribution in [-0.4, -0.2) is 13.4 Å². The number of rotatable bonds is 3. The molecule has 0 saturated carbocycles. The maximum atomic E-state index is 12.1. The van der Waals surface area contributed by atoms with E-state index in [1.165, 1.54) is 12.1 Å². The smallest absolute Gasteiger partial charge is 0.406 e. The third-order valence-corrected chi connectivity index (χ3v) is 2.74. The van der Waals surface area contributed by atoms with Crippen molar-refractivity contribution in [1.29, 1.82) is 0 Å². The van der Waals surface area contributed by atoms with Crippen molar-refractivity contribution < 1.29 is 17.9 Å². The van der Waals surface area contributed by atoms with Crippen molar-refractivity contribution in [3.8, 4) is 5.75 Å². The molecule has 0 amide bonds. The first-order valence-corrected chi connectivity index (χ1v) is 5.80. The molecule has 0 spiro atoms. The minimum Gasteiger partial charge on any atom is -0.406 e. The van der Waals surface area contributed by atoms with E-state index < -0.39 is 6.36 Å². The number of ether oxygens (including phenoxy) is 1. The summed E-state index contributed by atoms with van der Waals surface area (Å²) >= 11 is 0. The fourth-order valence-corrected chi connectivity index (χ4v) is 1.72. The van der Waals surface area contributed by atoms with Gasteiger partial charge in [0.25, 0.3) is 0 Å². The summed E-state index contributed by atoms with van der Waals surface area (Å²) in [4.78, 5) is 1.83. The van der Waals surface area contributed by atoms with Gasteiger partial charge in [0.15, 0.2) is 0 Å². The molecule has 106 valence electrons. The molecule has 0 bridgehead atoms. The number of nitrogens with two attached hydrogens (primary N) is 1.